The van der Waals surface area contributed by atoms with Crippen molar-refractivity contribution in [2.75, 3.05) is 0 Å². The van der Waals surface area contributed by atoms with Gasteiger partial charge in [-0.3, -0.25) is 9.55 Å². The zero-order valence-corrected chi connectivity index (χ0v) is 25.6. The Bertz CT molecular complexity index is 1960. The van der Waals surface area contributed by atoms with Crippen LogP contribution in [0.3, 0.4) is 0 Å². The monoisotopic (exact) mass is 565 g/mol. The lowest BCUT2D eigenvalue weighted by atomic mass is 9.73. The Morgan fingerprint density at radius 2 is 1.44 bits per heavy atom. The van der Waals surface area contributed by atoms with Crippen LogP contribution in [0.5, 0.6) is 0 Å². The highest BCUT2D eigenvalue weighted by molar-refractivity contribution is 6.64. The minimum atomic E-state index is -0.477. The van der Waals surface area contributed by atoms with E-state index in [0.29, 0.717) is 0 Å². The van der Waals surface area contributed by atoms with Gasteiger partial charge in [-0.1, -0.05) is 68.4 Å². The molecule has 4 aromatic carbocycles. The summed E-state index contributed by atoms with van der Waals surface area (Å²) >= 11 is 0. The molecule has 0 bridgehead atoms. The molecule has 6 heteroatoms. The molecule has 2 aromatic heterocycles. The molecule has 0 unspecified atom stereocenters. The third-order valence-electron chi connectivity index (χ3n) is 9.00. The predicted octanol–water partition coefficient (Wildman–Crippen LogP) is 8.33. The molecule has 0 N–H and O–H groups in total. The largest absolute Gasteiger partial charge is 0.495 e. The first-order valence-electron chi connectivity index (χ1n) is 15.0. The minimum absolute atomic E-state index is 0.232. The molecule has 1 fully saturated rings. The summed E-state index contributed by atoms with van der Waals surface area (Å²) in [6.45, 7) is 12.8. The van der Waals surface area contributed by atoms with Gasteiger partial charge in [-0.15, -0.1) is 0 Å². The Morgan fingerprint density at radius 1 is 0.721 bits per heavy atom. The first-order chi connectivity index (χ1) is 20.6. The molecule has 1 saturated heterocycles. The normalized spacial score (nSPS) is 16.0. The van der Waals surface area contributed by atoms with Crippen LogP contribution in [0.25, 0.3) is 49.9 Å². The first kappa shape index (κ1) is 27.6. The number of hydrogen-bond donors (Lipinski definition) is 0. The minimum Gasteiger partial charge on any atom is -0.399 e. The van der Waals surface area contributed by atoms with E-state index in [9.17, 15) is 0 Å². The van der Waals surface area contributed by atoms with Crippen LogP contribution >= 0.6 is 0 Å². The molecule has 1 aliphatic heterocycles. The second-order valence-electron chi connectivity index (χ2n) is 12.8. The number of benzene rings is 4. The SMILES string of the molecule is CC(C)c1nc2ccc(-c3ccccn3)cc2n1-c1cccc(-c2cc3ccccc3cc2B2OC(C)(C)C(C)(C)O2)c1. The van der Waals surface area contributed by atoms with Gasteiger partial charge < -0.3 is 9.31 Å². The van der Waals surface area contributed by atoms with Crippen LogP contribution in [0, 0.1) is 0 Å². The number of hydrogen-bond acceptors (Lipinski definition) is 4. The molecule has 3 heterocycles. The summed E-state index contributed by atoms with van der Waals surface area (Å²) in [5.74, 6) is 1.25. The molecule has 0 atom stereocenters. The van der Waals surface area contributed by atoms with Crippen molar-refractivity contribution in [3.63, 3.8) is 0 Å². The van der Waals surface area contributed by atoms with E-state index < -0.39 is 18.3 Å². The third kappa shape index (κ3) is 4.75. The number of fused-ring (bicyclic) bond motifs is 2. The Labute approximate surface area is 253 Å². The molecule has 0 spiro atoms. The standard InChI is InChI=1S/C37H36BN3O2/c1-24(2)35-40-33-18-17-28(32-16-9-10-19-39-32)23-34(33)41(35)29-15-11-14-27(20-29)30-21-25-12-7-8-13-26(25)22-31(30)38-42-36(3,4)37(5,6)43-38/h7-24H,1-6H3. The van der Waals surface area contributed by atoms with Crippen molar-refractivity contribution in [2.24, 2.45) is 0 Å². The Kier molecular flexibility index (Phi) is 6.53. The summed E-state index contributed by atoms with van der Waals surface area (Å²) in [6.07, 6.45) is 1.83. The van der Waals surface area contributed by atoms with Gasteiger partial charge in [-0.05, 0) is 97.5 Å². The number of rotatable bonds is 5. The first-order valence-corrected chi connectivity index (χ1v) is 15.0. The fourth-order valence-corrected chi connectivity index (χ4v) is 5.93. The molecular formula is C37H36BN3O2. The highest BCUT2D eigenvalue weighted by Gasteiger charge is 2.52. The van der Waals surface area contributed by atoms with Crippen molar-refractivity contribution in [3.05, 3.63) is 109 Å². The molecule has 0 saturated carbocycles. The number of pyridine rings is 1. The molecule has 7 rings (SSSR count). The molecule has 0 aliphatic carbocycles. The van der Waals surface area contributed by atoms with Crippen LogP contribution < -0.4 is 5.46 Å². The van der Waals surface area contributed by atoms with E-state index in [1.165, 1.54) is 5.39 Å². The van der Waals surface area contributed by atoms with E-state index in [2.05, 4.69) is 130 Å². The van der Waals surface area contributed by atoms with Gasteiger partial charge >= 0.3 is 7.12 Å². The average molecular weight is 566 g/mol. The van der Waals surface area contributed by atoms with E-state index >= 15 is 0 Å². The van der Waals surface area contributed by atoms with E-state index in [-0.39, 0.29) is 5.92 Å². The summed E-state index contributed by atoms with van der Waals surface area (Å²) in [6, 6.07) is 34.1. The zero-order valence-electron chi connectivity index (χ0n) is 25.6. The highest BCUT2D eigenvalue weighted by atomic mass is 16.7. The molecule has 214 valence electrons. The van der Waals surface area contributed by atoms with Crippen molar-refractivity contribution < 1.29 is 9.31 Å². The lowest BCUT2D eigenvalue weighted by Gasteiger charge is -2.32. The van der Waals surface area contributed by atoms with Crippen molar-refractivity contribution in [1.29, 1.82) is 0 Å². The molecule has 5 nitrogen and oxygen atoms in total. The summed E-state index contributed by atoms with van der Waals surface area (Å²) in [4.78, 5) is 9.67. The smallest absolute Gasteiger partial charge is 0.399 e. The van der Waals surface area contributed by atoms with E-state index in [4.69, 9.17) is 14.3 Å². The van der Waals surface area contributed by atoms with Gasteiger partial charge in [0.15, 0.2) is 0 Å². The Balaban J connectivity index is 1.41. The number of aromatic nitrogens is 3. The maximum atomic E-state index is 6.58. The van der Waals surface area contributed by atoms with Crippen LogP contribution in [-0.2, 0) is 9.31 Å². The second-order valence-corrected chi connectivity index (χ2v) is 12.8. The van der Waals surface area contributed by atoms with Crippen LogP contribution in [0.1, 0.15) is 53.3 Å². The van der Waals surface area contributed by atoms with Gasteiger partial charge in [-0.25, -0.2) is 4.98 Å². The van der Waals surface area contributed by atoms with Crippen molar-refractivity contribution in [1.82, 2.24) is 14.5 Å². The number of nitrogens with zero attached hydrogens (tertiary/aromatic N) is 3. The maximum absolute atomic E-state index is 6.58. The molecular weight excluding hydrogens is 529 g/mol. The lowest BCUT2D eigenvalue weighted by Crippen LogP contribution is -2.41. The average Bonchev–Trinajstić information content (AvgIpc) is 3.49. The van der Waals surface area contributed by atoms with E-state index in [0.717, 1.165) is 55.8 Å². The summed E-state index contributed by atoms with van der Waals surface area (Å²) < 4.78 is 15.5. The highest BCUT2D eigenvalue weighted by Crippen LogP contribution is 2.38. The van der Waals surface area contributed by atoms with E-state index in [1.807, 2.05) is 24.4 Å². The molecule has 0 radical (unpaired) electrons. The molecule has 6 aromatic rings. The van der Waals surface area contributed by atoms with Crippen LogP contribution in [0.15, 0.2) is 103 Å². The van der Waals surface area contributed by atoms with Crippen LogP contribution in [0.2, 0.25) is 0 Å². The summed E-state index contributed by atoms with van der Waals surface area (Å²) in [5.41, 5.74) is 7.48. The second kappa shape index (κ2) is 10.2. The fourth-order valence-electron chi connectivity index (χ4n) is 5.93. The van der Waals surface area contributed by atoms with Crippen molar-refractivity contribution in [3.8, 4) is 28.1 Å². The summed E-state index contributed by atoms with van der Waals surface area (Å²) in [7, 11) is -0.477. The van der Waals surface area contributed by atoms with Gasteiger partial charge in [0.05, 0.1) is 27.9 Å². The third-order valence-corrected chi connectivity index (χ3v) is 9.00. The van der Waals surface area contributed by atoms with Crippen molar-refractivity contribution >= 4 is 34.4 Å². The zero-order chi connectivity index (χ0) is 29.9. The van der Waals surface area contributed by atoms with Crippen molar-refractivity contribution in [2.45, 2.75) is 58.7 Å². The van der Waals surface area contributed by atoms with Gasteiger partial charge in [-0.2, -0.15) is 0 Å². The molecule has 0 amide bonds. The van der Waals surface area contributed by atoms with Gasteiger partial charge in [0.2, 0.25) is 0 Å². The quantitative estimate of drug-likeness (QED) is 0.197. The molecule has 43 heavy (non-hydrogen) atoms. The Hall–Kier alpha value is -4.26. The van der Waals surface area contributed by atoms with Gasteiger partial charge in [0.1, 0.15) is 5.82 Å². The fraction of sp³-hybridized carbons (Fsp3) is 0.243. The van der Waals surface area contributed by atoms with Gasteiger partial charge in [0, 0.05) is 23.4 Å². The van der Waals surface area contributed by atoms with Gasteiger partial charge in [0.25, 0.3) is 0 Å². The maximum Gasteiger partial charge on any atom is 0.495 e. The lowest BCUT2D eigenvalue weighted by molar-refractivity contribution is 0.00578. The molecule has 1 aliphatic rings. The van der Waals surface area contributed by atoms with Crippen LogP contribution in [0.4, 0.5) is 0 Å². The van der Waals surface area contributed by atoms with Crippen LogP contribution in [-0.4, -0.2) is 32.9 Å². The summed E-state index contributed by atoms with van der Waals surface area (Å²) in [5, 5.41) is 2.34. The Morgan fingerprint density at radius 3 is 2.14 bits per heavy atom. The topological polar surface area (TPSA) is 49.2 Å². The number of imidazole rings is 1. The van der Waals surface area contributed by atoms with E-state index in [1.54, 1.807) is 0 Å². The predicted molar refractivity (Wildman–Crippen MR) is 177 cm³/mol.